The van der Waals surface area contributed by atoms with Gasteiger partial charge >= 0.3 is 0 Å². The normalized spacial score (nSPS) is 18.0. The maximum absolute atomic E-state index is 6.27. The van der Waals surface area contributed by atoms with E-state index in [-0.39, 0.29) is 5.41 Å². The Morgan fingerprint density at radius 1 is 1.25 bits per heavy atom. The van der Waals surface area contributed by atoms with Crippen molar-refractivity contribution < 1.29 is 0 Å². The van der Waals surface area contributed by atoms with Crippen LogP contribution in [0.2, 0.25) is 5.15 Å². The lowest BCUT2D eigenvalue weighted by Crippen LogP contribution is -2.06. The highest BCUT2D eigenvalue weighted by Gasteiger charge is 2.42. The number of aryl methyl sites for hydroxylation is 2. The van der Waals surface area contributed by atoms with Crippen molar-refractivity contribution in [1.82, 2.24) is 9.97 Å². The molecule has 0 saturated heterocycles. The van der Waals surface area contributed by atoms with Crippen LogP contribution in [0.3, 0.4) is 0 Å². The molecule has 16 heavy (non-hydrogen) atoms. The third-order valence-electron chi connectivity index (χ3n) is 3.52. The van der Waals surface area contributed by atoms with Crippen LogP contribution < -0.4 is 0 Å². The Labute approximate surface area is 104 Å². The van der Waals surface area contributed by atoms with E-state index in [1.165, 1.54) is 23.3 Å². The predicted molar refractivity (Wildman–Crippen MR) is 68.5 cm³/mol. The van der Waals surface area contributed by atoms with Gasteiger partial charge in [-0.2, -0.15) is 0 Å². The van der Waals surface area contributed by atoms with Crippen molar-refractivity contribution in [1.29, 1.82) is 0 Å². The van der Waals surface area contributed by atoms with Crippen LogP contribution in [0.15, 0.2) is 0 Å². The molecule has 2 aromatic rings. The fraction of sp³-hybridized carbons (Fsp3) is 0.500. The highest BCUT2D eigenvalue weighted by atomic mass is 35.5. The van der Waals surface area contributed by atoms with Gasteiger partial charge in [-0.05, 0) is 32.3 Å². The Balaban J connectivity index is 2.30. The van der Waals surface area contributed by atoms with Crippen LogP contribution in [-0.2, 0) is 5.41 Å². The van der Waals surface area contributed by atoms with Crippen molar-refractivity contribution in [2.75, 3.05) is 0 Å². The van der Waals surface area contributed by atoms with E-state index in [1.54, 1.807) is 11.3 Å². The van der Waals surface area contributed by atoms with Gasteiger partial charge in [0.2, 0.25) is 0 Å². The monoisotopic (exact) mass is 252 g/mol. The highest BCUT2D eigenvalue weighted by Crippen LogP contribution is 2.47. The Morgan fingerprint density at radius 3 is 2.56 bits per heavy atom. The molecule has 84 valence electrons. The molecule has 0 aromatic carbocycles. The first-order valence-corrected chi connectivity index (χ1v) is 6.64. The molecule has 2 aromatic heterocycles. The summed E-state index contributed by atoms with van der Waals surface area (Å²) in [5.41, 5.74) is 1.40. The van der Waals surface area contributed by atoms with E-state index in [4.69, 9.17) is 11.6 Å². The van der Waals surface area contributed by atoms with Crippen LogP contribution in [0, 0.1) is 13.8 Å². The van der Waals surface area contributed by atoms with Crippen LogP contribution in [0.4, 0.5) is 0 Å². The lowest BCUT2D eigenvalue weighted by atomic mass is 10.1. The van der Waals surface area contributed by atoms with Gasteiger partial charge in [-0.3, -0.25) is 0 Å². The molecule has 0 atom stereocenters. The average Bonchev–Trinajstić information content (AvgIpc) is 2.89. The molecule has 1 fully saturated rings. The van der Waals surface area contributed by atoms with E-state index in [0.717, 1.165) is 16.0 Å². The molecule has 0 aliphatic heterocycles. The van der Waals surface area contributed by atoms with Crippen molar-refractivity contribution in [2.24, 2.45) is 0 Å². The second-order valence-corrected chi connectivity index (χ2v) is 6.42. The largest absolute Gasteiger partial charge is 0.221 e. The standard InChI is InChI=1S/C12H13ClN2S/c1-6-7(2)16-10-8(6)9(13)14-11(15-10)12(3)4-5-12/h4-5H2,1-3H3. The summed E-state index contributed by atoms with van der Waals surface area (Å²) in [5.74, 6) is 0.922. The van der Waals surface area contributed by atoms with Gasteiger partial charge in [0.25, 0.3) is 0 Å². The minimum Gasteiger partial charge on any atom is -0.221 e. The predicted octanol–water partition coefficient (Wildman–Crippen LogP) is 4.01. The van der Waals surface area contributed by atoms with Gasteiger partial charge in [-0.1, -0.05) is 18.5 Å². The fourth-order valence-corrected chi connectivity index (χ4v) is 3.28. The Hall–Kier alpha value is -0.670. The molecule has 4 heteroatoms. The number of hydrogen-bond donors (Lipinski definition) is 0. The molecule has 0 radical (unpaired) electrons. The topological polar surface area (TPSA) is 25.8 Å². The average molecular weight is 253 g/mol. The van der Waals surface area contributed by atoms with E-state index >= 15 is 0 Å². The number of halogens is 1. The number of rotatable bonds is 1. The summed E-state index contributed by atoms with van der Waals surface area (Å²) < 4.78 is 0. The van der Waals surface area contributed by atoms with E-state index in [1.807, 2.05) is 0 Å². The summed E-state index contributed by atoms with van der Waals surface area (Å²) in [7, 11) is 0. The van der Waals surface area contributed by atoms with Gasteiger partial charge in [-0.25, -0.2) is 9.97 Å². The third kappa shape index (κ3) is 1.38. The molecule has 0 amide bonds. The van der Waals surface area contributed by atoms with Gasteiger partial charge in [0.15, 0.2) is 0 Å². The van der Waals surface area contributed by atoms with E-state index in [0.29, 0.717) is 5.15 Å². The first-order chi connectivity index (χ1) is 7.51. The molecule has 0 N–H and O–H groups in total. The summed E-state index contributed by atoms with van der Waals surface area (Å²) in [5, 5.41) is 1.66. The molecule has 1 aliphatic carbocycles. The van der Waals surface area contributed by atoms with Crippen molar-refractivity contribution in [3.05, 3.63) is 21.4 Å². The second-order valence-electron chi connectivity index (χ2n) is 4.86. The maximum Gasteiger partial charge on any atom is 0.141 e. The van der Waals surface area contributed by atoms with Crippen molar-refractivity contribution >= 4 is 33.2 Å². The van der Waals surface area contributed by atoms with Crippen LogP contribution in [0.1, 0.15) is 36.0 Å². The summed E-state index contributed by atoms with van der Waals surface area (Å²) >= 11 is 7.99. The molecule has 0 spiro atoms. The number of hydrogen-bond acceptors (Lipinski definition) is 3. The molecular formula is C12H13ClN2S. The first kappa shape index (κ1) is 10.5. The minimum absolute atomic E-state index is 0.184. The zero-order chi connectivity index (χ0) is 11.5. The molecule has 1 aliphatic rings. The molecule has 2 heterocycles. The summed E-state index contributed by atoms with van der Waals surface area (Å²) in [6.07, 6.45) is 2.36. The lowest BCUT2D eigenvalue weighted by molar-refractivity contribution is 0.716. The number of aromatic nitrogens is 2. The van der Waals surface area contributed by atoms with E-state index in [2.05, 4.69) is 30.7 Å². The van der Waals surface area contributed by atoms with Crippen molar-refractivity contribution in [2.45, 2.75) is 39.0 Å². The number of nitrogens with zero attached hydrogens (tertiary/aromatic N) is 2. The summed E-state index contributed by atoms with van der Waals surface area (Å²) in [6.45, 7) is 6.40. The number of thiophene rings is 1. The molecular weight excluding hydrogens is 240 g/mol. The molecule has 2 nitrogen and oxygen atoms in total. The fourth-order valence-electron chi connectivity index (χ4n) is 1.88. The molecule has 0 bridgehead atoms. The van der Waals surface area contributed by atoms with Gasteiger partial charge in [0.05, 0.1) is 5.39 Å². The Kier molecular flexibility index (Phi) is 2.08. The van der Waals surface area contributed by atoms with Crippen LogP contribution in [-0.4, -0.2) is 9.97 Å². The number of fused-ring (bicyclic) bond motifs is 1. The lowest BCUT2D eigenvalue weighted by Gasteiger charge is -2.07. The zero-order valence-corrected chi connectivity index (χ0v) is 11.2. The van der Waals surface area contributed by atoms with E-state index < -0.39 is 0 Å². The highest BCUT2D eigenvalue weighted by molar-refractivity contribution is 7.18. The van der Waals surface area contributed by atoms with Gasteiger partial charge in [0.1, 0.15) is 15.8 Å². The van der Waals surface area contributed by atoms with E-state index in [9.17, 15) is 0 Å². The Bertz CT molecular complexity index is 584. The van der Waals surface area contributed by atoms with Crippen LogP contribution in [0.5, 0.6) is 0 Å². The van der Waals surface area contributed by atoms with Gasteiger partial charge in [-0.15, -0.1) is 11.3 Å². The van der Waals surface area contributed by atoms with Gasteiger partial charge < -0.3 is 0 Å². The molecule has 1 saturated carbocycles. The van der Waals surface area contributed by atoms with Crippen molar-refractivity contribution in [3.8, 4) is 0 Å². The quantitative estimate of drug-likeness (QED) is 0.717. The Morgan fingerprint density at radius 2 is 1.94 bits per heavy atom. The second kappa shape index (κ2) is 3.17. The zero-order valence-electron chi connectivity index (χ0n) is 9.59. The van der Waals surface area contributed by atoms with Crippen LogP contribution in [0.25, 0.3) is 10.2 Å². The maximum atomic E-state index is 6.27. The minimum atomic E-state index is 0.184. The van der Waals surface area contributed by atoms with Crippen molar-refractivity contribution in [3.63, 3.8) is 0 Å². The van der Waals surface area contributed by atoms with Crippen LogP contribution >= 0.6 is 22.9 Å². The smallest absolute Gasteiger partial charge is 0.141 e. The summed E-state index contributed by atoms with van der Waals surface area (Å²) in [6, 6.07) is 0. The van der Waals surface area contributed by atoms with Gasteiger partial charge in [0, 0.05) is 10.3 Å². The first-order valence-electron chi connectivity index (χ1n) is 5.45. The SMILES string of the molecule is Cc1sc2nc(C3(C)CC3)nc(Cl)c2c1C. The summed E-state index contributed by atoms with van der Waals surface area (Å²) in [4.78, 5) is 11.5. The molecule has 3 rings (SSSR count). The third-order valence-corrected chi connectivity index (χ3v) is 4.90. The molecule has 0 unspecified atom stereocenters.